The predicted octanol–water partition coefficient (Wildman–Crippen LogP) is 3.25. The Kier molecular flexibility index (Phi) is 5.09. The van der Waals surface area contributed by atoms with Crippen molar-refractivity contribution in [1.29, 1.82) is 0 Å². The SMILES string of the molecule is CN/C(=C\SCNC1CC1)c1ccc(N2CCCC2)cc1. The van der Waals surface area contributed by atoms with Crippen LogP contribution in [-0.4, -0.2) is 32.1 Å². The summed E-state index contributed by atoms with van der Waals surface area (Å²) in [6, 6.07) is 9.73. The molecular weight excluding hydrogens is 278 g/mol. The van der Waals surface area contributed by atoms with E-state index in [1.165, 1.54) is 55.7 Å². The Balaban J connectivity index is 1.58. The summed E-state index contributed by atoms with van der Waals surface area (Å²) in [5, 5.41) is 9.05. The summed E-state index contributed by atoms with van der Waals surface area (Å²) in [6.45, 7) is 2.41. The molecule has 1 aliphatic heterocycles. The van der Waals surface area contributed by atoms with Gasteiger partial charge in [0.25, 0.3) is 0 Å². The van der Waals surface area contributed by atoms with E-state index < -0.39 is 0 Å². The van der Waals surface area contributed by atoms with E-state index in [9.17, 15) is 0 Å². The Labute approximate surface area is 132 Å². The number of rotatable bonds is 7. The van der Waals surface area contributed by atoms with E-state index in [1.807, 2.05) is 18.8 Å². The van der Waals surface area contributed by atoms with Gasteiger partial charge >= 0.3 is 0 Å². The fourth-order valence-electron chi connectivity index (χ4n) is 2.68. The summed E-state index contributed by atoms with van der Waals surface area (Å²) in [6.07, 6.45) is 5.35. The van der Waals surface area contributed by atoms with Crippen LogP contribution in [0.1, 0.15) is 31.2 Å². The zero-order valence-electron chi connectivity index (χ0n) is 12.8. The molecule has 21 heavy (non-hydrogen) atoms. The lowest BCUT2D eigenvalue weighted by Gasteiger charge is -2.18. The third-order valence-corrected chi connectivity index (χ3v) is 4.89. The minimum absolute atomic E-state index is 0.781. The molecule has 0 bridgehead atoms. The molecule has 114 valence electrons. The van der Waals surface area contributed by atoms with Gasteiger partial charge in [-0.05, 0) is 48.8 Å². The zero-order chi connectivity index (χ0) is 14.5. The highest BCUT2D eigenvalue weighted by molar-refractivity contribution is 8.02. The molecule has 0 amide bonds. The third-order valence-electron chi connectivity index (χ3n) is 4.15. The predicted molar refractivity (Wildman–Crippen MR) is 93.5 cm³/mol. The number of nitrogens with one attached hydrogen (secondary N) is 2. The molecule has 0 spiro atoms. The van der Waals surface area contributed by atoms with Gasteiger partial charge in [0.05, 0.1) is 0 Å². The maximum atomic E-state index is 3.52. The fraction of sp³-hybridized carbons (Fsp3) is 0.529. The average molecular weight is 303 g/mol. The van der Waals surface area contributed by atoms with Crippen molar-refractivity contribution in [2.24, 2.45) is 0 Å². The first kappa shape index (κ1) is 14.8. The van der Waals surface area contributed by atoms with Crippen molar-refractivity contribution >= 4 is 23.1 Å². The Hall–Kier alpha value is -1.13. The Morgan fingerprint density at radius 3 is 2.57 bits per heavy atom. The molecule has 1 aliphatic carbocycles. The van der Waals surface area contributed by atoms with Gasteiger partial charge in [-0.2, -0.15) is 0 Å². The van der Waals surface area contributed by atoms with Crippen LogP contribution in [0.3, 0.4) is 0 Å². The molecule has 1 heterocycles. The first-order valence-corrected chi connectivity index (χ1v) is 9.00. The van der Waals surface area contributed by atoms with Crippen LogP contribution >= 0.6 is 11.8 Å². The molecule has 0 aromatic heterocycles. The fourth-order valence-corrected chi connectivity index (χ4v) is 3.51. The molecule has 0 atom stereocenters. The summed E-state index contributed by atoms with van der Waals surface area (Å²) in [5.41, 5.74) is 3.82. The normalized spacial score (nSPS) is 19.1. The molecule has 1 saturated heterocycles. The Morgan fingerprint density at radius 2 is 1.95 bits per heavy atom. The third kappa shape index (κ3) is 4.17. The summed E-state index contributed by atoms with van der Waals surface area (Å²) in [7, 11) is 2.00. The highest BCUT2D eigenvalue weighted by Crippen LogP contribution is 2.24. The first-order valence-electron chi connectivity index (χ1n) is 7.95. The topological polar surface area (TPSA) is 27.3 Å². The zero-order valence-corrected chi connectivity index (χ0v) is 13.6. The number of benzene rings is 1. The van der Waals surface area contributed by atoms with Gasteiger partial charge in [0.15, 0.2) is 0 Å². The van der Waals surface area contributed by atoms with Crippen molar-refractivity contribution in [2.75, 3.05) is 30.9 Å². The molecule has 0 radical (unpaired) electrons. The van der Waals surface area contributed by atoms with E-state index in [0.717, 1.165) is 11.9 Å². The van der Waals surface area contributed by atoms with Crippen LogP contribution in [0, 0.1) is 0 Å². The molecule has 3 rings (SSSR count). The van der Waals surface area contributed by atoms with Crippen LogP contribution in [0.5, 0.6) is 0 Å². The average Bonchev–Trinajstić information content (AvgIpc) is 3.19. The quantitative estimate of drug-likeness (QED) is 0.597. The largest absolute Gasteiger partial charge is 0.387 e. The molecule has 1 aromatic carbocycles. The van der Waals surface area contributed by atoms with Gasteiger partial charge in [-0.25, -0.2) is 0 Å². The molecule has 1 aromatic rings. The molecule has 0 unspecified atom stereocenters. The Morgan fingerprint density at radius 1 is 1.24 bits per heavy atom. The van der Waals surface area contributed by atoms with Gasteiger partial charge in [-0.3, -0.25) is 0 Å². The minimum atomic E-state index is 0.781. The maximum Gasteiger partial charge on any atom is 0.0475 e. The van der Waals surface area contributed by atoms with Crippen LogP contribution < -0.4 is 15.5 Å². The van der Waals surface area contributed by atoms with E-state index in [0.29, 0.717) is 0 Å². The molecule has 1 saturated carbocycles. The van der Waals surface area contributed by atoms with E-state index in [-0.39, 0.29) is 0 Å². The van der Waals surface area contributed by atoms with Gasteiger partial charge in [-0.1, -0.05) is 12.1 Å². The first-order chi connectivity index (χ1) is 10.4. The number of nitrogens with zero attached hydrogens (tertiary/aromatic N) is 1. The van der Waals surface area contributed by atoms with Crippen LogP contribution in [0.25, 0.3) is 5.70 Å². The lowest BCUT2D eigenvalue weighted by atomic mass is 10.1. The monoisotopic (exact) mass is 303 g/mol. The number of anilines is 1. The van der Waals surface area contributed by atoms with Gasteiger partial charge in [0.1, 0.15) is 0 Å². The van der Waals surface area contributed by atoms with Crippen molar-refractivity contribution in [2.45, 2.75) is 31.7 Å². The highest BCUT2D eigenvalue weighted by Gasteiger charge is 2.19. The summed E-state index contributed by atoms with van der Waals surface area (Å²) in [5.74, 6) is 1.00. The summed E-state index contributed by atoms with van der Waals surface area (Å²) < 4.78 is 0. The molecular formula is C17H25N3S. The van der Waals surface area contributed by atoms with Gasteiger partial charge in [0.2, 0.25) is 0 Å². The number of hydrogen-bond donors (Lipinski definition) is 2. The van der Waals surface area contributed by atoms with E-state index in [1.54, 1.807) is 0 Å². The lowest BCUT2D eigenvalue weighted by Crippen LogP contribution is -2.17. The van der Waals surface area contributed by atoms with Crippen LogP contribution in [0.15, 0.2) is 29.7 Å². The van der Waals surface area contributed by atoms with Crippen molar-refractivity contribution in [3.63, 3.8) is 0 Å². The standard InChI is InChI=1S/C17H25N3S/c1-18-17(12-21-13-19-15-6-7-15)14-4-8-16(9-5-14)20-10-2-3-11-20/h4-5,8-9,12,15,18-19H,2-3,6-7,10-11,13H2,1H3/b17-12-. The highest BCUT2D eigenvalue weighted by atomic mass is 32.2. The van der Waals surface area contributed by atoms with Crippen LogP contribution in [-0.2, 0) is 0 Å². The molecule has 2 N–H and O–H groups in total. The molecule has 2 fully saturated rings. The number of thioether (sulfide) groups is 1. The summed E-state index contributed by atoms with van der Waals surface area (Å²) >= 11 is 1.83. The second kappa shape index (κ2) is 7.23. The maximum absolute atomic E-state index is 3.52. The van der Waals surface area contributed by atoms with E-state index >= 15 is 0 Å². The lowest BCUT2D eigenvalue weighted by molar-refractivity contribution is 0.790. The molecule has 3 nitrogen and oxygen atoms in total. The Bertz CT molecular complexity index is 473. The smallest absolute Gasteiger partial charge is 0.0475 e. The van der Waals surface area contributed by atoms with E-state index in [2.05, 4.69) is 45.2 Å². The van der Waals surface area contributed by atoms with Crippen molar-refractivity contribution in [1.82, 2.24) is 10.6 Å². The van der Waals surface area contributed by atoms with Crippen LogP contribution in [0.2, 0.25) is 0 Å². The van der Waals surface area contributed by atoms with E-state index in [4.69, 9.17) is 0 Å². The van der Waals surface area contributed by atoms with Gasteiger partial charge < -0.3 is 15.5 Å². The van der Waals surface area contributed by atoms with Crippen molar-refractivity contribution < 1.29 is 0 Å². The van der Waals surface area contributed by atoms with Crippen molar-refractivity contribution in [3.05, 3.63) is 35.2 Å². The number of hydrogen-bond acceptors (Lipinski definition) is 4. The van der Waals surface area contributed by atoms with Crippen molar-refractivity contribution in [3.8, 4) is 0 Å². The second-order valence-corrected chi connectivity index (χ2v) is 6.67. The second-order valence-electron chi connectivity index (χ2n) is 5.81. The van der Waals surface area contributed by atoms with Gasteiger partial charge in [0, 0.05) is 43.4 Å². The minimum Gasteiger partial charge on any atom is -0.387 e. The molecule has 2 aliphatic rings. The summed E-state index contributed by atoms with van der Waals surface area (Å²) in [4.78, 5) is 2.47. The van der Waals surface area contributed by atoms with Gasteiger partial charge in [-0.15, -0.1) is 11.8 Å². The molecule has 4 heteroatoms. The van der Waals surface area contributed by atoms with Crippen LogP contribution in [0.4, 0.5) is 5.69 Å².